The molecule has 3 aliphatic rings. The van der Waals surface area contributed by atoms with Gasteiger partial charge in [0.2, 0.25) is 5.88 Å². The summed E-state index contributed by atoms with van der Waals surface area (Å²) in [6.07, 6.45) is 4.90. The Labute approximate surface area is 192 Å². The molecule has 1 saturated heterocycles. The molecule has 1 aliphatic heterocycles. The van der Waals surface area contributed by atoms with Gasteiger partial charge in [-0.3, -0.25) is 14.6 Å². The molecule has 4 heterocycles. The number of aromatic amines is 1. The van der Waals surface area contributed by atoms with Crippen molar-refractivity contribution in [1.82, 2.24) is 30.3 Å². The monoisotopic (exact) mass is 447 g/mol. The average molecular weight is 448 g/mol. The first kappa shape index (κ1) is 20.3. The molecule has 9 nitrogen and oxygen atoms in total. The van der Waals surface area contributed by atoms with Gasteiger partial charge in [-0.1, -0.05) is 6.07 Å². The van der Waals surface area contributed by atoms with E-state index >= 15 is 0 Å². The molecule has 0 spiro atoms. The number of ether oxygens (including phenoxy) is 1. The number of nitrogens with one attached hydrogen (secondary N) is 2. The van der Waals surface area contributed by atoms with Gasteiger partial charge in [0, 0.05) is 30.7 Å². The van der Waals surface area contributed by atoms with Gasteiger partial charge in [-0.05, 0) is 62.1 Å². The summed E-state index contributed by atoms with van der Waals surface area (Å²) in [7, 11) is 1.54. The van der Waals surface area contributed by atoms with Crippen LogP contribution in [0.4, 0.5) is 5.82 Å². The number of rotatable bonds is 6. The number of aromatic nitrogens is 5. The molecular weight excluding hydrogens is 418 g/mol. The Morgan fingerprint density at radius 3 is 2.85 bits per heavy atom. The topological polar surface area (TPSA) is 101 Å². The molecule has 1 saturated carbocycles. The van der Waals surface area contributed by atoms with Crippen molar-refractivity contribution in [1.29, 1.82) is 0 Å². The molecule has 3 aromatic rings. The molecular formula is C24H29N7O2. The number of aryl methyl sites for hydroxylation is 2. The van der Waals surface area contributed by atoms with E-state index in [1.54, 1.807) is 10.9 Å². The van der Waals surface area contributed by atoms with E-state index in [-0.39, 0.29) is 11.9 Å². The van der Waals surface area contributed by atoms with E-state index in [4.69, 9.17) is 9.72 Å². The zero-order valence-corrected chi connectivity index (χ0v) is 19.3. The van der Waals surface area contributed by atoms with Gasteiger partial charge in [0.15, 0.2) is 0 Å². The van der Waals surface area contributed by atoms with Crippen molar-refractivity contribution in [2.45, 2.75) is 45.7 Å². The lowest BCUT2D eigenvalue weighted by Crippen LogP contribution is -2.27. The summed E-state index contributed by atoms with van der Waals surface area (Å²) < 4.78 is 7.17. The van der Waals surface area contributed by atoms with Crippen LogP contribution in [-0.4, -0.2) is 51.1 Å². The normalized spacial score (nSPS) is 22.9. The Hall–Kier alpha value is -3.36. The molecule has 2 fully saturated rings. The van der Waals surface area contributed by atoms with E-state index in [1.807, 2.05) is 13.8 Å². The Balaban J connectivity index is 1.17. The standard InChI is InChI=1S/C24H29N7O2/c1-13-15(4-7-21(25-13)30-9-16-8-17(16)10-30)11-31-12-19(24(29-31)33-3)23(32)26-20-6-5-18-14(2)27-28-22(18)20/h4,7,12,16-17,20H,5-6,8-11H2,1-3H3,(H,26,32)(H,27,28). The Morgan fingerprint density at radius 1 is 1.27 bits per heavy atom. The quantitative estimate of drug-likeness (QED) is 0.602. The maximum Gasteiger partial charge on any atom is 0.258 e. The van der Waals surface area contributed by atoms with Crippen molar-refractivity contribution in [2.24, 2.45) is 11.8 Å². The minimum absolute atomic E-state index is 0.0962. The number of piperidine rings is 1. The van der Waals surface area contributed by atoms with Gasteiger partial charge >= 0.3 is 0 Å². The van der Waals surface area contributed by atoms with Crippen molar-refractivity contribution < 1.29 is 9.53 Å². The second-order valence-electron chi connectivity index (χ2n) is 9.60. The first-order valence-electron chi connectivity index (χ1n) is 11.7. The number of amides is 1. The summed E-state index contributed by atoms with van der Waals surface area (Å²) in [5.41, 5.74) is 5.71. The average Bonchev–Trinajstić information content (AvgIpc) is 3.23. The summed E-state index contributed by atoms with van der Waals surface area (Å²) in [5.74, 6) is 2.93. The molecule has 9 heteroatoms. The van der Waals surface area contributed by atoms with Crippen molar-refractivity contribution in [2.75, 3.05) is 25.1 Å². The smallest absolute Gasteiger partial charge is 0.258 e. The molecule has 1 amide bonds. The van der Waals surface area contributed by atoms with Crippen LogP contribution in [0.1, 0.15) is 57.5 Å². The number of H-pyrrole nitrogens is 1. The maximum atomic E-state index is 13.1. The fourth-order valence-electron chi connectivity index (χ4n) is 5.35. The zero-order valence-electron chi connectivity index (χ0n) is 19.3. The first-order chi connectivity index (χ1) is 16.0. The van der Waals surface area contributed by atoms with E-state index in [1.165, 1.54) is 19.1 Å². The van der Waals surface area contributed by atoms with E-state index < -0.39 is 0 Å². The van der Waals surface area contributed by atoms with Gasteiger partial charge in [0.1, 0.15) is 11.4 Å². The van der Waals surface area contributed by atoms with Crippen LogP contribution in [0.25, 0.3) is 0 Å². The first-order valence-corrected chi connectivity index (χ1v) is 11.7. The number of fused-ring (bicyclic) bond motifs is 2. The van der Waals surface area contributed by atoms with Crippen LogP contribution in [0.5, 0.6) is 5.88 Å². The molecule has 172 valence electrons. The zero-order chi connectivity index (χ0) is 22.7. The fraction of sp³-hybridized carbons (Fsp3) is 0.500. The second-order valence-corrected chi connectivity index (χ2v) is 9.60. The van der Waals surface area contributed by atoms with Crippen LogP contribution in [0.3, 0.4) is 0 Å². The lowest BCUT2D eigenvalue weighted by Gasteiger charge is -2.20. The predicted octanol–water partition coefficient (Wildman–Crippen LogP) is 2.55. The number of methoxy groups -OCH3 is 1. The molecule has 3 unspecified atom stereocenters. The Bertz CT molecular complexity index is 1220. The third-order valence-electron chi connectivity index (χ3n) is 7.41. The summed E-state index contributed by atoms with van der Waals surface area (Å²) >= 11 is 0. The molecule has 6 rings (SSSR count). The number of carbonyl (C=O) groups is 1. The summed E-state index contributed by atoms with van der Waals surface area (Å²) in [5, 5.41) is 15.0. The highest BCUT2D eigenvalue weighted by Crippen LogP contribution is 2.46. The highest BCUT2D eigenvalue weighted by atomic mass is 16.5. The van der Waals surface area contributed by atoms with Gasteiger partial charge in [0.05, 0.1) is 25.4 Å². The van der Waals surface area contributed by atoms with Crippen molar-refractivity contribution in [3.05, 3.63) is 52.1 Å². The molecule has 2 N–H and O–H groups in total. The van der Waals surface area contributed by atoms with Crippen LogP contribution < -0.4 is 15.0 Å². The predicted molar refractivity (Wildman–Crippen MR) is 123 cm³/mol. The van der Waals surface area contributed by atoms with Crippen LogP contribution in [-0.2, 0) is 13.0 Å². The van der Waals surface area contributed by atoms with E-state index in [0.29, 0.717) is 18.0 Å². The lowest BCUT2D eigenvalue weighted by atomic mass is 10.2. The van der Waals surface area contributed by atoms with Gasteiger partial charge in [-0.25, -0.2) is 4.98 Å². The molecule has 3 atom stereocenters. The van der Waals surface area contributed by atoms with Crippen molar-refractivity contribution in [3.8, 4) is 5.88 Å². The van der Waals surface area contributed by atoms with E-state index in [2.05, 4.69) is 37.6 Å². The summed E-state index contributed by atoms with van der Waals surface area (Å²) in [6, 6.07) is 4.13. The number of anilines is 1. The van der Waals surface area contributed by atoms with Crippen molar-refractivity contribution >= 4 is 11.7 Å². The largest absolute Gasteiger partial charge is 0.479 e. The van der Waals surface area contributed by atoms with Crippen LogP contribution in [0.15, 0.2) is 18.3 Å². The number of carbonyl (C=O) groups excluding carboxylic acids is 1. The van der Waals surface area contributed by atoms with Gasteiger partial charge in [-0.15, -0.1) is 5.10 Å². The van der Waals surface area contributed by atoms with Gasteiger partial charge in [0.25, 0.3) is 5.91 Å². The maximum absolute atomic E-state index is 13.1. The molecule has 0 radical (unpaired) electrons. The number of hydrogen-bond acceptors (Lipinski definition) is 6. The third-order valence-corrected chi connectivity index (χ3v) is 7.41. The third kappa shape index (κ3) is 3.55. The SMILES string of the molecule is COc1nn(Cc2ccc(N3CC4CC4C3)nc2C)cc1C(=O)NC1CCc2c1n[nH]c2C. The van der Waals surface area contributed by atoms with Crippen molar-refractivity contribution in [3.63, 3.8) is 0 Å². The molecule has 3 aromatic heterocycles. The lowest BCUT2D eigenvalue weighted by molar-refractivity contribution is 0.0932. The van der Waals surface area contributed by atoms with Gasteiger partial charge in [-0.2, -0.15) is 5.10 Å². The summed E-state index contributed by atoms with van der Waals surface area (Å²) in [6.45, 7) is 6.84. The van der Waals surface area contributed by atoms with Crippen LogP contribution in [0, 0.1) is 25.7 Å². The van der Waals surface area contributed by atoms with E-state index in [0.717, 1.165) is 66.2 Å². The minimum Gasteiger partial charge on any atom is -0.479 e. The van der Waals surface area contributed by atoms with E-state index in [9.17, 15) is 4.79 Å². The second kappa shape index (κ2) is 7.60. The minimum atomic E-state index is -0.200. The number of pyridine rings is 1. The summed E-state index contributed by atoms with van der Waals surface area (Å²) in [4.78, 5) is 20.3. The van der Waals surface area contributed by atoms with Gasteiger partial charge < -0.3 is 15.0 Å². The highest BCUT2D eigenvalue weighted by Gasteiger charge is 2.45. The molecule has 0 bridgehead atoms. The number of hydrogen-bond donors (Lipinski definition) is 2. The molecule has 0 aromatic carbocycles. The Morgan fingerprint density at radius 2 is 2.09 bits per heavy atom. The molecule has 2 aliphatic carbocycles. The van der Waals surface area contributed by atoms with Crippen LogP contribution >= 0.6 is 0 Å². The fourth-order valence-corrected chi connectivity index (χ4v) is 5.35. The molecule has 33 heavy (non-hydrogen) atoms. The number of nitrogens with zero attached hydrogens (tertiary/aromatic N) is 5. The highest BCUT2D eigenvalue weighted by molar-refractivity contribution is 5.96. The van der Waals surface area contributed by atoms with Crippen LogP contribution in [0.2, 0.25) is 0 Å². The Kier molecular flexibility index (Phi) is 4.67.